The molecule has 7 nitrogen and oxygen atoms in total. The lowest BCUT2D eigenvalue weighted by Gasteiger charge is -2.22. The molecule has 0 saturated carbocycles. The molecule has 0 radical (unpaired) electrons. The van der Waals surface area contributed by atoms with Crippen molar-refractivity contribution < 1.29 is 27.9 Å². The minimum atomic E-state index is -3.65. The van der Waals surface area contributed by atoms with Gasteiger partial charge in [-0.25, -0.2) is 18.0 Å². The SMILES string of the molecule is CC(C)(C)OC(=O)NC(Cc1ccc(S(=O)(=O)c2ccccc2)cc1)C(=O)O. The molecule has 0 spiro atoms. The van der Waals surface area contributed by atoms with Gasteiger partial charge in [0.1, 0.15) is 11.6 Å². The fourth-order valence-electron chi connectivity index (χ4n) is 2.43. The van der Waals surface area contributed by atoms with Gasteiger partial charge in [-0.15, -0.1) is 0 Å². The van der Waals surface area contributed by atoms with E-state index < -0.39 is 33.5 Å². The summed E-state index contributed by atoms with van der Waals surface area (Å²) in [6.45, 7) is 5.02. The van der Waals surface area contributed by atoms with Crippen LogP contribution in [0.1, 0.15) is 26.3 Å². The van der Waals surface area contributed by atoms with Gasteiger partial charge in [0.2, 0.25) is 9.84 Å². The van der Waals surface area contributed by atoms with Gasteiger partial charge in [-0.05, 0) is 50.6 Å². The molecule has 0 saturated heterocycles. The zero-order chi connectivity index (χ0) is 20.9. The number of carboxylic acids is 1. The van der Waals surface area contributed by atoms with Crippen LogP contribution in [0.15, 0.2) is 64.4 Å². The van der Waals surface area contributed by atoms with Crippen molar-refractivity contribution in [2.24, 2.45) is 0 Å². The van der Waals surface area contributed by atoms with Gasteiger partial charge in [0.15, 0.2) is 0 Å². The summed E-state index contributed by atoms with van der Waals surface area (Å²) in [4.78, 5) is 23.6. The minimum Gasteiger partial charge on any atom is -0.480 e. The minimum absolute atomic E-state index is 0.0137. The summed E-state index contributed by atoms with van der Waals surface area (Å²) in [5.41, 5.74) is -0.184. The Balaban J connectivity index is 2.13. The number of nitrogens with one attached hydrogen (secondary N) is 1. The first-order valence-corrected chi connectivity index (χ1v) is 10.1. The normalized spacial score (nSPS) is 12.8. The fraction of sp³-hybridized carbons (Fsp3) is 0.300. The maximum atomic E-state index is 12.6. The van der Waals surface area contributed by atoms with Crippen LogP contribution in [0.25, 0.3) is 0 Å². The number of hydrogen-bond acceptors (Lipinski definition) is 5. The summed E-state index contributed by atoms with van der Waals surface area (Å²) in [5, 5.41) is 11.7. The number of hydrogen-bond donors (Lipinski definition) is 2. The lowest BCUT2D eigenvalue weighted by molar-refractivity contribution is -0.139. The number of carbonyl (C=O) groups excluding carboxylic acids is 1. The Morgan fingerprint density at radius 3 is 2.04 bits per heavy atom. The van der Waals surface area contributed by atoms with Crippen molar-refractivity contribution in [1.29, 1.82) is 0 Å². The first-order chi connectivity index (χ1) is 13.0. The molecule has 1 atom stereocenters. The smallest absolute Gasteiger partial charge is 0.408 e. The molecule has 2 aromatic rings. The number of rotatable bonds is 6. The Hall–Kier alpha value is -2.87. The Morgan fingerprint density at radius 2 is 1.54 bits per heavy atom. The van der Waals surface area contributed by atoms with Crippen molar-refractivity contribution in [3.63, 3.8) is 0 Å². The molecule has 2 N–H and O–H groups in total. The van der Waals surface area contributed by atoms with Gasteiger partial charge in [0.05, 0.1) is 9.79 Å². The third-order valence-corrected chi connectivity index (χ3v) is 5.50. The molecule has 150 valence electrons. The number of amides is 1. The second-order valence-corrected chi connectivity index (χ2v) is 9.15. The first kappa shape index (κ1) is 21.4. The molecule has 28 heavy (non-hydrogen) atoms. The number of carbonyl (C=O) groups is 2. The van der Waals surface area contributed by atoms with Crippen molar-refractivity contribution in [2.45, 2.75) is 48.6 Å². The Labute approximate surface area is 164 Å². The van der Waals surface area contributed by atoms with E-state index in [-0.39, 0.29) is 16.2 Å². The van der Waals surface area contributed by atoms with Crippen LogP contribution in [0.3, 0.4) is 0 Å². The number of alkyl carbamates (subject to hydrolysis) is 1. The number of sulfone groups is 1. The van der Waals surface area contributed by atoms with Crippen LogP contribution in [0.5, 0.6) is 0 Å². The Bertz CT molecular complexity index is 931. The standard InChI is InChI=1S/C20H23NO6S/c1-20(2,3)27-19(24)21-17(18(22)23)13-14-9-11-16(12-10-14)28(25,26)15-7-5-4-6-8-15/h4-12,17H,13H2,1-3H3,(H,21,24)(H,22,23). The van der Waals surface area contributed by atoms with E-state index in [1.807, 2.05) is 0 Å². The molecule has 2 rings (SSSR count). The van der Waals surface area contributed by atoms with Crippen molar-refractivity contribution >= 4 is 21.9 Å². The highest BCUT2D eigenvalue weighted by molar-refractivity contribution is 7.91. The molecule has 0 aliphatic carbocycles. The van der Waals surface area contributed by atoms with E-state index in [1.165, 1.54) is 36.4 Å². The van der Waals surface area contributed by atoms with E-state index >= 15 is 0 Å². The average Bonchev–Trinajstić information content (AvgIpc) is 2.60. The molecule has 0 aliphatic heterocycles. The second kappa shape index (κ2) is 8.43. The number of aliphatic carboxylic acids is 1. The predicted molar refractivity (Wildman–Crippen MR) is 103 cm³/mol. The monoisotopic (exact) mass is 405 g/mol. The van der Waals surface area contributed by atoms with Crippen molar-refractivity contribution in [2.75, 3.05) is 0 Å². The van der Waals surface area contributed by atoms with Crippen LogP contribution < -0.4 is 5.32 Å². The molecule has 0 aromatic heterocycles. The van der Waals surface area contributed by atoms with E-state index in [4.69, 9.17) is 4.74 Å². The van der Waals surface area contributed by atoms with Crippen LogP contribution in [-0.2, 0) is 25.8 Å². The largest absolute Gasteiger partial charge is 0.480 e. The molecular formula is C20H23NO6S. The van der Waals surface area contributed by atoms with E-state index in [0.29, 0.717) is 5.56 Å². The Morgan fingerprint density at radius 1 is 1.00 bits per heavy atom. The molecule has 0 heterocycles. The quantitative estimate of drug-likeness (QED) is 0.764. The second-order valence-electron chi connectivity index (χ2n) is 7.20. The zero-order valence-corrected chi connectivity index (χ0v) is 16.7. The molecule has 1 amide bonds. The van der Waals surface area contributed by atoms with E-state index in [2.05, 4.69) is 5.32 Å². The van der Waals surface area contributed by atoms with Gasteiger partial charge < -0.3 is 15.2 Å². The van der Waals surface area contributed by atoms with Crippen LogP contribution in [0.2, 0.25) is 0 Å². The number of carboxylic acid groups (broad SMARTS) is 1. The average molecular weight is 405 g/mol. The molecule has 0 aliphatic rings. The Kier molecular flexibility index (Phi) is 6.45. The fourth-order valence-corrected chi connectivity index (χ4v) is 3.71. The van der Waals surface area contributed by atoms with E-state index in [9.17, 15) is 23.1 Å². The summed E-state index contributed by atoms with van der Waals surface area (Å²) in [5.74, 6) is -1.22. The molecule has 1 unspecified atom stereocenters. The lowest BCUT2D eigenvalue weighted by Crippen LogP contribution is -2.44. The molecular weight excluding hydrogens is 382 g/mol. The van der Waals surface area contributed by atoms with E-state index in [1.54, 1.807) is 39.0 Å². The maximum Gasteiger partial charge on any atom is 0.408 e. The van der Waals surface area contributed by atoms with Crippen LogP contribution >= 0.6 is 0 Å². The topological polar surface area (TPSA) is 110 Å². The molecule has 0 fully saturated rings. The zero-order valence-electron chi connectivity index (χ0n) is 15.9. The molecule has 0 bridgehead atoms. The van der Waals surface area contributed by atoms with Gasteiger partial charge in [0, 0.05) is 6.42 Å². The third kappa shape index (κ3) is 5.82. The summed E-state index contributed by atoms with van der Waals surface area (Å²) in [6, 6.07) is 12.7. The van der Waals surface area contributed by atoms with Gasteiger partial charge >= 0.3 is 12.1 Å². The van der Waals surface area contributed by atoms with Gasteiger partial charge in [-0.3, -0.25) is 0 Å². The number of ether oxygens (including phenoxy) is 1. The molecule has 8 heteroatoms. The molecule has 2 aromatic carbocycles. The number of benzene rings is 2. The summed E-state index contributed by atoms with van der Waals surface area (Å²) >= 11 is 0. The highest BCUT2D eigenvalue weighted by Gasteiger charge is 2.24. The lowest BCUT2D eigenvalue weighted by atomic mass is 10.1. The van der Waals surface area contributed by atoms with E-state index in [0.717, 1.165) is 0 Å². The highest BCUT2D eigenvalue weighted by Crippen LogP contribution is 2.21. The van der Waals surface area contributed by atoms with Crippen LogP contribution in [0.4, 0.5) is 4.79 Å². The summed E-state index contributed by atoms with van der Waals surface area (Å²) in [7, 11) is -3.65. The van der Waals surface area contributed by atoms with Crippen LogP contribution in [-0.4, -0.2) is 37.2 Å². The summed E-state index contributed by atoms with van der Waals surface area (Å²) in [6.07, 6.45) is -0.844. The third-order valence-electron chi connectivity index (χ3n) is 3.72. The first-order valence-electron chi connectivity index (χ1n) is 8.60. The summed E-state index contributed by atoms with van der Waals surface area (Å²) < 4.78 is 30.2. The van der Waals surface area contributed by atoms with Gasteiger partial charge in [0.25, 0.3) is 0 Å². The van der Waals surface area contributed by atoms with Crippen molar-refractivity contribution in [1.82, 2.24) is 5.32 Å². The highest BCUT2D eigenvalue weighted by atomic mass is 32.2. The van der Waals surface area contributed by atoms with Gasteiger partial charge in [-0.1, -0.05) is 30.3 Å². The van der Waals surface area contributed by atoms with Crippen molar-refractivity contribution in [3.8, 4) is 0 Å². The maximum absolute atomic E-state index is 12.6. The predicted octanol–water partition coefficient (Wildman–Crippen LogP) is 3.04. The van der Waals surface area contributed by atoms with Crippen LogP contribution in [0, 0.1) is 0 Å². The van der Waals surface area contributed by atoms with Crippen molar-refractivity contribution in [3.05, 3.63) is 60.2 Å². The van der Waals surface area contributed by atoms with Gasteiger partial charge in [-0.2, -0.15) is 0 Å².